The molecule has 1 aromatic rings. The molecule has 1 saturated carbocycles. The number of aliphatic carboxylic acids is 1. The van der Waals surface area contributed by atoms with E-state index >= 15 is 0 Å². The second-order valence-electron chi connectivity index (χ2n) is 4.57. The maximum Gasteiger partial charge on any atom is 0.329 e. The van der Waals surface area contributed by atoms with Crippen LogP contribution in [0.15, 0.2) is 18.3 Å². The number of aromatic nitrogens is 1. The Morgan fingerprint density at radius 3 is 2.67 bits per heavy atom. The first-order valence-electron chi connectivity index (χ1n) is 5.55. The second kappa shape index (κ2) is 4.25. The number of nitrogens with zero attached hydrogens (tertiary/aromatic N) is 2. The van der Waals surface area contributed by atoms with Crippen LogP contribution in [0, 0.1) is 16.0 Å². The smallest absolute Gasteiger partial charge is 0.329 e. The molecule has 1 aromatic heterocycles. The van der Waals surface area contributed by atoms with Gasteiger partial charge in [-0.05, 0) is 31.7 Å². The highest BCUT2D eigenvalue weighted by atomic mass is 16.6. The standard InChI is InChI=1S/C11H13N3O4/c1-11(10(15)16,7-2-3-7)13-9-5-4-8(6-12-9)14(17)18/h4-7H,2-3H2,1H3,(H,12,13)(H,15,16). The van der Waals surface area contributed by atoms with Crippen molar-refractivity contribution in [2.75, 3.05) is 5.32 Å². The van der Waals surface area contributed by atoms with Gasteiger partial charge in [-0.2, -0.15) is 0 Å². The molecule has 18 heavy (non-hydrogen) atoms. The van der Waals surface area contributed by atoms with Crippen molar-refractivity contribution >= 4 is 17.5 Å². The Hall–Kier alpha value is -2.18. The van der Waals surface area contributed by atoms with Gasteiger partial charge in [0.2, 0.25) is 0 Å². The summed E-state index contributed by atoms with van der Waals surface area (Å²) in [5.74, 6) is -0.533. The van der Waals surface area contributed by atoms with Crippen LogP contribution in [0.1, 0.15) is 19.8 Å². The fourth-order valence-electron chi connectivity index (χ4n) is 1.82. The van der Waals surface area contributed by atoms with E-state index in [1.54, 1.807) is 6.92 Å². The summed E-state index contributed by atoms with van der Waals surface area (Å²) in [6, 6.07) is 2.71. The first-order chi connectivity index (χ1) is 8.43. The second-order valence-corrected chi connectivity index (χ2v) is 4.57. The predicted octanol–water partition coefficient (Wildman–Crippen LogP) is 1.65. The van der Waals surface area contributed by atoms with Crippen LogP contribution in [0.2, 0.25) is 0 Å². The molecule has 1 fully saturated rings. The lowest BCUT2D eigenvalue weighted by atomic mass is 9.96. The van der Waals surface area contributed by atoms with Crippen LogP contribution >= 0.6 is 0 Å². The molecule has 1 aliphatic carbocycles. The number of hydrogen-bond donors (Lipinski definition) is 2. The topological polar surface area (TPSA) is 105 Å². The van der Waals surface area contributed by atoms with Crippen molar-refractivity contribution in [2.24, 2.45) is 5.92 Å². The van der Waals surface area contributed by atoms with Gasteiger partial charge in [0.25, 0.3) is 5.69 Å². The molecule has 0 amide bonds. The van der Waals surface area contributed by atoms with Crippen molar-refractivity contribution in [2.45, 2.75) is 25.3 Å². The highest BCUT2D eigenvalue weighted by Gasteiger charge is 2.47. The molecule has 0 radical (unpaired) electrons. The molecule has 7 heteroatoms. The summed E-state index contributed by atoms with van der Waals surface area (Å²) >= 11 is 0. The number of anilines is 1. The third-order valence-electron chi connectivity index (χ3n) is 3.18. The van der Waals surface area contributed by atoms with Gasteiger partial charge in [0.05, 0.1) is 4.92 Å². The van der Waals surface area contributed by atoms with E-state index in [0.717, 1.165) is 19.0 Å². The summed E-state index contributed by atoms with van der Waals surface area (Å²) in [6.45, 7) is 1.61. The molecular formula is C11H13N3O4. The number of carboxylic acids is 1. The first kappa shape index (κ1) is 12.3. The third-order valence-corrected chi connectivity index (χ3v) is 3.18. The van der Waals surface area contributed by atoms with Gasteiger partial charge in [-0.1, -0.05) is 0 Å². The Bertz CT molecular complexity index is 484. The molecule has 1 unspecified atom stereocenters. The molecule has 2 rings (SSSR count). The Kier molecular flexibility index (Phi) is 2.90. The fourth-order valence-corrected chi connectivity index (χ4v) is 1.82. The zero-order valence-electron chi connectivity index (χ0n) is 9.79. The number of carbonyl (C=O) groups is 1. The Balaban J connectivity index is 2.17. The normalized spacial score (nSPS) is 17.8. The van der Waals surface area contributed by atoms with Crippen LogP contribution in [-0.4, -0.2) is 26.5 Å². The van der Waals surface area contributed by atoms with E-state index in [0.29, 0.717) is 5.82 Å². The Morgan fingerprint density at radius 2 is 2.28 bits per heavy atom. The number of nitrogens with one attached hydrogen (secondary N) is 1. The number of carboxylic acid groups (broad SMARTS) is 1. The highest BCUT2D eigenvalue weighted by Crippen LogP contribution is 2.41. The minimum Gasteiger partial charge on any atom is -0.480 e. The van der Waals surface area contributed by atoms with Gasteiger partial charge in [0.15, 0.2) is 0 Å². The van der Waals surface area contributed by atoms with E-state index in [2.05, 4.69) is 10.3 Å². The molecule has 2 N–H and O–H groups in total. The van der Waals surface area contributed by atoms with E-state index in [9.17, 15) is 20.0 Å². The van der Waals surface area contributed by atoms with Gasteiger partial charge in [-0.25, -0.2) is 9.78 Å². The maximum atomic E-state index is 11.3. The van der Waals surface area contributed by atoms with Crippen molar-refractivity contribution in [3.05, 3.63) is 28.4 Å². The van der Waals surface area contributed by atoms with Crippen LogP contribution in [0.3, 0.4) is 0 Å². The monoisotopic (exact) mass is 251 g/mol. The summed E-state index contributed by atoms with van der Waals surface area (Å²) in [6.07, 6.45) is 2.84. The fraction of sp³-hybridized carbons (Fsp3) is 0.455. The van der Waals surface area contributed by atoms with E-state index in [4.69, 9.17) is 0 Å². The lowest BCUT2D eigenvalue weighted by Crippen LogP contribution is -2.45. The van der Waals surface area contributed by atoms with Crippen LogP contribution in [0.5, 0.6) is 0 Å². The maximum absolute atomic E-state index is 11.3. The molecular weight excluding hydrogens is 238 g/mol. The summed E-state index contributed by atoms with van der Waals surface area (Å²) < 4.78 is 0. The third kappa shape index (κ3) is 2.24. The van der Waals surface area contributed by atoms with Gasteiger partial charge < -0.3 is 10.4 Å². The van der Waals surface area contributed by atoms with Gasteiger partial charge in [0.1, 0.15) is 17.6 Å². The number of rotatable bonds is 5. The van der Waals surface area contributed by atoms with E-state index in [1.807, 2.05) is 0 Å². The van der Waals surface area contributed by atoms with Crippen molar-refractivity contribution in [3.8, 4) is 0 Å². The molecule has 0 saturated heterocycles. The van der Waals surface area contributed by atoms with E-state index < -0.39 is 16.4 Å². The van der Waals surface area contributed by atoms with Crippen LogP contribution in [0.4, 0.5) is 11.5 Å². The van der Waals surface area contributed by atoms with E-state index in [-0.39, 0.29) is 11.6 Å². The van der Waals surface area contributed by atoms with Gasteiger partial charge in [-0.3, -0.25) is 10.1 Å². The number of hydrogen-bond acceptors (Lipinski definition) is 5. The van der Waals surface area contributed by atoms with Gasteiger partial charge >= 0.3 is 5.97 Å². The van der Waals surface area contributed by atoms with Crippen molar-refractivity contribution in [3.63, 3.8) is 0 Å². The Labute approximate surface area is 103 Å². The summed E-state index contributed by atoms with van der Waals surface area (Å²) in [7, 11) is 0. The van der Waals surface area contributed by atoms with Gasteiger partial charge in [-0.15, -0.1) is 0 Å². The minimum atomic E-state index is -1.07. The van der Waals surface area contributed by atoms with Crippen LogP contribution < -0.4 is 5.32 Å². The van der Waals surface area contributed by atoms with Crippen molar-refractivity contribution in [1.82, 2.24) is 4.98 Å². The van der Waals surface area contributed by atoms with Crippen molar-refractivity contribution in [1.29, 1.82) is 0 Å². The van der Waals surface area contributed by atoms with Crippen LogP contribution in [-0.2, 0) is 4.79 Å². The molecule has 0 bridgehead atoms. The molecule has 0 aromatic carbocycles. The zero-order valence-corrected chi connectivity index (χ0v) is 9.79. The molecule has 1 atom stereocenters. The van der Waals surface area contributed by atoms with Gasteiger partial charge in [0, 0.05) is 6.07 Å². The minimum absolute atomic E-state index is 0.0759. The molecule has 1 aliphatic rings. The highest BCUT2D eigenvalue weighted by molar-refractivity contribution is 5.82. The summed E-state index contributed by atoms with van der Waals surface area (Å²) in [4.78, 5) is 25.1. The first-order valence-corrected chi connectivity index (χ1v) is 5.55. The summed E-state index contributed by atoms with van der Waals surface area (Å²) in [5.41, 5.74) is -1.19. The number of pyridine rings is 1. The molecule has 96 valence electrons. The predicted molar refractivity (Wildman–Crippen MR) is 63.3 cm³/mol. The summed E-state index contributed by atoms with van der Waals surface area (Å²) in [5, 5.41) is 22.6. The molecule has 0 aliphatic heterocycles. The zero-order chi connectivity index (χ0) is 13.3. The van der Waals surface area contributed by atoms with Crippen LogP contribution in [0.25, 0.3) is 0 Å². The lowest BCUT2D eigenvalue weighted by molar-refractivity contribution is -0.385. The average molecular weight is 251 g/mol. The largest absolute Gasteiger partial charge is 0.480 e. The van der Waals surface area contributed by atoms with Crippen molar-refractivity contribution < 1.29 is 14.8 Å². The molecule has 0 spiro atoms. The number of nitro groups is 1. The molecule has 1 heterocycles. The van der Waals surface area contributed by atoms with E-state index in [1.165, 1.54) is 12.1 Å². The lowest BCUT2D eigenvalue weighted by Gasteiger charge is -2.26. The quantitative estimate of drug-likeness (QED) is 0.609. The molecule has 7 nitrogen and oxygen atoms in total. The Morgan fingerprint density at radius 1 is 1.61 bits per heavy atom. The average Bonchev–Trinajstić information content (AvgIpc) is 3.13. The SMILES string of the molecule is CC(Nc1ccc([N+](=O)[O-])cn1)(C(=O)O)C1CC1.